The highest BCUT2D eigenvalue weighted by atomic mass is 35.5. The standard InChI is InChI=1S/C21H24ClN3O/c1-2-14-25-19-11-6-5-10-18(19)24-20(25)12-7-13-23-21(26)15-16-8-3-4-9-17(16)22/h3-6,8-11H,2,7,12-15H2,1H3,(H,23,26). The highest BCUT2D eigenvalue weighted by molar-refractivity contribution is 6.31. The molecule has 0 aliphatic rings. The van der Waals surface area contributed by atoms with Gasteiger partial charge in [0.1, 0.15) is 5.82 Å². The van der Waals surface area contributed by atoms with Gasteiger partial charge in [-0.05, 0) is 36.6 Å². The van der Waals surface area contributed by atoms with Gasteiger partial charge in [-0.1, -0.05) is 48.9 Å². The minimum Gasteiger partial charge on any atom is -0.356 e. The number of carbonyl (C=O) groups is 1. The predicted octanol–water partition coefficient (Wildman–Crippen LogP) is 4.39. The van der Waals surface area contributed by atoms with Crippen molar-refractivity contribution in [3.63, 3.8) is 0 Å². The number of amides is 1. The van der Waals surface area contributed by atoms with Gasteiger partial charge in [-0.15, -0.1) is 0 Å². The van der Waals surface area contributed by atoms with Crippen molar-refractivity contribution >= 4 is 28.5 Å². The van der Waals surface area contributed by atoms with Crippen molar-refractivity contribution in [3.05, 3.63) is 64.9 Å². The summed E-state index contributed by atoms with van der Waals surface area (Å²) in [4.78, 5) is 16.9. The molecule has 1 aromatic heterocycles. The zero-order chi connectivity index (χ0) is 18.4. The van der Waals surface area contributed by atoms with E-state index in [4.69, 9.17) is 16.6 Å². The molecule has 0 aliphatic heterocycles. The van der Waals surface area contributed by atoms with E-state index >= 15 is 0 Å². The van der Waals surface area contributed by atoms with Gasteiger partial charge in [0.2, 0.25) is 5.91 Å². The molecule has 1 amide bonds. The molecular formula is C21H24ClN3O. The Morgan fingerprint density at radius 2 is 1.92 bits per heavy atom. The van der Waals surface area contributed by atoms with Gasteiger partial charge in [-0.2, -0.15) is 0 Å². The fourth-order valence-corrected chi connectivity index (χ4v) is 3.34. The van der Waals surface area contributed by atoms with E-state index in [2.05, 4.69) is 35.0 Å². The van der Waals surface area contributed by atoms with Crippen LogP contribution >= 0.6 is 11.6 Å². The number of carbonyl (C=O) groups excluding carboxylic acids is 1. The maximum Gasteiger partial charge on any atom is 0.224 e. The predicted molar refractivity (Wildman–Crippen MR) is 107 cm³/mol. The number of hydrogen-bond acceptors (Lipinski definition) is 2. The summed E-state index contributed by atoms with van der Waals surface area (Å²) in [6.07, 6.45) is 3.10. The van der Waals surface area contributed by atoms with E-state index in [-0.39, 0.29) is 5.91 Å². The van der Waals surface area contributed by atoms with Crippen LogP contribution < -0.4 is 5.32 Å². The fraction of sp³-hybridized carbons (Fsp3) is 0.333. The molecule has 3 aromatic rings. The number of nitrogens with one attached hydrogen (secondary N) is 1. The number of rotatable bonds is 8. The number of halogens is 1. The molecule has 136 valence electrons. The van der Waals surface area contributed by atoms with Crippen LogP contribution in [0.4, 0.5) is 0 Å². The van der Waals surface area contributed by atoms with E-state index in [0.29, 0.717) is 18.0 Å². The normalized spacial score (nSPS) is 11.0. The van der Waals surface area contributed by atoms with Crippen LogP contribution in [0.15, 0.2) is 48.5 Å². The summed E-state index contributed by atoms with van der Waals surface area (Å²) in [5.41, 5.74) is 3.09. The molecule has 0 saturated heterocycles. The van der Waals surface area contributed by atoms with E-state index in [1.165, 1.54) is 5.52 Å². The lowest BCUT2D eigenvalue weighted by atomic mass is 10.1. The van der Waals surface area contributed by atoms with E-state index in [1.807, 2.05) is 30.3 Å². The molecule has 2 aromatic carbocycles. The van der Waals surface area contributed by atoms with E-state index < -0.39 is 0 Å². The molecule has 1 heterocycles. The molecule has 0 aliphatic carbocycles. The van der Waals surface area contributed by atoms with Crippen molar-refractivity contribution in [1.29, 1.82) is 0 Å². The minimum absolute atomic E-state index is 0.000149. The molecule has 1 N–H and O–H groups in total. The first kappa shape index (κ1) is 18.5. The molecule has 0 bridgehead atoms. The third kappa shape index (κ3) is 4.44. The van der Waals surface area contributed by atoms with Crippen LogP contribution in [0, 0.1) is 0 Å². The number of benzene rings is 2. The van der Waals surface area contributed by atoms with Gasteiger partial charge in [-0.3, -0.25) is 4.79 Å². The molecule has 0 spiro atoms. The van der Waals surface area contributed by atoms with Gasteiger partial charge in [0.05, 0.1) is 17.5 Å². The van der Waals surface area contributed by atoms with Crippen molar-refractivity contribution in [2.24, 2.45) is 0 Å². The molecule has 4 nitrogen and oxygen atoms in total. The Balaban J connectivity index is 1.53. The molecular weight excluding hydrogens is 346 g/mol. The van der Waals surface area contributed by atoms with Crippen molar-refractivity contribution in [2.75, 3.05) is 6.54 Å². The molecule has 0 atom stereocenters. The number of aromatic nitrogens is 2. The zero-order valence-electron chi connectivity index (χ0n) is 15.0. The lowest BCUT2D eigenvalue weighted by Gasteiger charge is -2.09. The second kappa shape index (κ2) is 8.86. The van der Waals surface area contributed by atoms with Crippen LogP contribution in [0.1, 0.15) is 31.2 Å². The maximum absolute atomic E-state index is 12.1. The summed E-state index contributed by atoms with van der Waals surface area (Å²) < 4.78 is 2.29. The summed E-state index contributed by atoms with van der Waals surface area (Å²) in [5.74, 6) is 1.09. The monoisotopic (exact) mass is 369 g/mol. The first-order valence-corrected chi connectivity index (χ1v) is 9.51. The summed E-state index contributed by atoms with van der Waals surface area (Å²) in [7, 11) is 0. The van der Waals surface area contributed by atoms with Crippen molar-refractivity contribution < 1.29 is 4.79 Å². The zero-order valence-corrected chi connectivity index (χ0v) is 15.8. The van der Waals surface area contributed by atoms with Crippen LogP contribution in [0.3, 0.4) is 0 Å². The Bertz CT molecular complexity index is 888. The second-order valence-electron chi connectivity index (χ2n) is 6.39. The van der Waals surface area contributed by atoms with E-state index in [1.54, 1.807) is 0 Å². The Morgan fingerprint density at radius 1 is 1.15 bits per heavy atom. The number of aryl methyl sites for hydroxylation is 2. The van der Waals surface area contributed by atoms with Gasteiger partial charge in [0.15, 0.2) is 0 Å². The topological polar surface area (TPSA) is 46.9 Å². The molecule has 3 rings (SSSR count). The third-order valence-corrected chi connectivity index (χ3v) is 4.76. The molecule has 0 fully saturated rings. The summed E-state index contributed by atoms with van der Waals surface area (Å²) in [5, 5.41) is 3.61. The smallest absolute Gasteiger partial charge is 0.224 e. The molecule has 0 unspecified atom stereocenters. The minimum atomic E-state index is 0.000149. The fourth-order valence-electron chi connectivity index (χ4n) is 3.14. The van der Waals surface area contributed by atoms with E-state index in [9.17, 15) is 4.79 Å². The molecule has 26 heavy (non-hydrogen) atoms. The van der Waals surface area contributed by atoms with Crippen LogP contribution in [0.5, 0.6) is 0 Å². The number of para-hydroxylation sites is 2. The summed E-state index contributed by atoms with van der Waals surface area (Å²) in [6, 6.07) is 15.7. The Kier molecular flexibility index (Phi) is 6.29. The van der Waals surface area contributed by atoms with Crippen LogP contribution in [-0.2, 0) is 24.2 Å². The van der Waals surface area contributed by atoms with Gasteiger partial charge in [-0.25, -0.2) is 4.98 Å². The average Bonchev–Trinajstić information content (AvgIpc) is 2.99. The SMILES string of the molecule is CCCn1c(CCCNC(=O)Cc2ccccc2Cl)nc2ccccc21. The number of fused-ring (bicyclic) bond motifs is 1. The third-order valence-electron chi connectivity index (χ3n) is 4.39. The van der Waals surface area contributed by atoms with Crippen molar-refractivity contribution in [1.82, 2.24) is 14.9 Å². The Morgan fingerprint density at radius 3 is 2.73 bits per heavy atom. The molecule has 5 heteroatoms. The van der Waals surface area contributed by atoms with Crippen LogP contribution in [-0.4, -0.2) is 22.0 Å². The van der Waals surface area contributed by atoms with Crippen LogP contribution in [0.25, 0.3) is 11.0 Å². The van der Waals surface area contributed by atoms with E-state index in [0.717, 1.165) is 42.7 Å². The molecule has 0 saturated carbocycles. The van der Waals surface area contributed by atoms with Gasteiger partial charge >= 0.3 is 0 Å². The summed E-state index contributed by atoms with van der Waals surface area (Å²) >= 11 is 6.10. The van der Waals surface area contributed by atoms with Gasteiger partial charge < -0.3 is 9.88 Å². The average molecular weight is 370 g/mol. The number of hydrogen-bond donors (Lipinski definition) is 1. The molecule has 0 radical (unpaired) electrons. The first-order valence-electron chi connectivity index (χ1n) is 9.13. The van der Waals surface area contributed by atoms with Crippen LogP contribution in [0.2, 0.25) is 5.02 Å². The van der Waals surface area contributed by atoms with Gasteiger partial charge in [0, 0.05) is 24.5 Å². The maximum atomic E-state index is 12.1. The largest absolute Gasteiger partial charge is 0.356 e. The highest BCUT2D eigenvalue weighted by Gasteiger charge is 2.10. The second-order valence-corrected chi connectivity index (χ2v) is 6.80. The van der Waals surface area contributed by atoms with Crippen molar-refractivity contribution in [2.45, 2.75) is 39.2 Å². The highest BCUT2D eigenvalue weighted by Crippen LogP contribution is 2.18. The summed E-state index contributed by atoms with van der Waals surface area (Å²) in [6.45, 7) is 3.78. The quantitative estimate of drug-likeness (QED) is 0.598. The lowest BCUT2D eigenvalue weighted by molar-refractivity contribution is -0.120. The Labute approximate surface area is 159 Å². The first-order chi connectivity index (χ1) is 12.7. The number of imidazole rings is 1. The van der Waals surface area contributed by atoms with Gasteiger partial charge in [0.25, 0.3) is 0 Å². The number of nitrogens with zero attached hydrogens (tertiary/aromatic N) is 2. The van der Waals surface area contributed by atoms with Crippen molar-refractivity contribution in [3.8, 4) is 0 Å². The Hall–Kier alpha value is -2.33. The lowest BCUT2D eigenvalue weighted by Crippen LogP contribution is -2.26.